The molecule has 0 bridgehead atoms. The highest BCUT2D eigenvalue weighted by Gasteiger charge is 2.10. The van der Waals surface area contributed by atoms with Gasteiger partial charge < -0.3 is 9.30 Å². The number of rotatable bonds is 3. The zero-order chi connectivity index (χ0) is 15.4. The van der Waals surface area contributed by atoms with E-state index in [0.717, 1.165) is 5.56 Å². The number of nitrogens with zero attached hydrogens (tertiary/aromatic N) is 1. The number of pyridine rings is 1. The lowest BCUT2D eigenvalue weighted by Crippen LogP contribution is -2.18. The Morgan fingerprint density at radius 1 is 1.19 bits per heavy atom. The molecule has 0 saturated heterocycles. The lowest BCUT2D eigenvalue weighted by Gasteiger charge is -2.11. The Morgan fingerprint density at radius 2 is 1.95 bits per heavy atom. The van der Waals surface area contributed by atoms with Crippen LogP contribution in [0.5, 0.6) is 5.75 Å². The van der Waals surface area contributed by atoms with E-state index in [1.54, 1.807) is 44.3 Å². The van der Waals surface area contributed by atoms with Gasteiger partial charge in [0.05, 0.1) is 10.7 Å². The fraction of sp³-hybridized carbons (Fsp3) is 0.188. The van der Waals surface area contributed by atoms with E-state index in [-0.39, 0.29) is 10.6 Å². The number of hydrogen-bond acceptors (Lipinski definition) is 2. The van der Waals surface area contributed by atoms with Gasteiger partial charge in [0.15, 0.2) is 0 Å². The van der Waals surface area contributed by atoms with Gasteiger partial charge in [0, 0.05) is 12.6 Å². The van der Waals surface area contributed by atoms with Gasteiger partial charge in [0.1, 0.15) is 17.4 Å². The van der Waals surface area contributed by atoms with E-state index in [4.69, 9.17) is 27.9 Å². The van der Waals surface area contributed by atoms with Crippen LogP contribution in [0, 0.1) is 11.8 Å². The van der Waals surface area contributed by atoms with Gasteiger partial charge >= 0.3 is 0 Å². The second-order valence-corrected chi connectivity index (χ2v) is 5.10. The summed E-state index contributed by atoms with van der Waals surface area (Å²) in [6.45, 7) is 2.06. The smallest absolute Gasteiger partial charge is 0.269 e. The fourth-order valence-electron chi connectivity index (χ4n) is 1.86. The summed E-state index contributed by atoms with van der Waals surface area (Å²) >= 11 is 12.1. The van der Waals surface area contributed by atoms with Crippen molar-refractivity contribution in [3.05, 3.63) is 50.7 Å². The van der Waals surface area contributed by atoms with Crippen molar-refractivity contribution in [3.8, 4) is 28.8 Å². The van der Waals surface area contributed by atoms with E-state index < -0.39 is 0 Å². The molecule has 5 heteroatoms. The lowest BCUT2D eigenvalue weighted by molar-refractivity contribution is 0.370. The summed E-state index contributed by atoms with van der Waals surface area (Å²) < 4.78 is 6.91. The van der Waals surface area contributed by atoms with Gasteiger partial charge in [0.2, 0.25) is 0 Å². The molecule has 0 spiro atoms. The molecule has 3 nitrogen and oxygen atoms in total. The number of ether oxygens (including phenoxy) is 1. The first-order valence-corrected chi connectivity index (χ1v) is 6.98. The Hall–Kier alpha value is -1.89. The summed E-state index contributed by atoms with van der Waals surface area (Å²) in [7, 11) is 1.65. The van der Waals surface area contributed by atoms with Crippen LogP contribution in [0.1, 0.15) is 6.92 Å². The molecule has 21 heavy (non-hydrogen) atoms. The van der Waals surface area contributed by atoms with E-state index >= 15 is 0 Å². The molecule has 0 unspecified atom stereocenters. The zero-order valence-corrected chi connectivity index (χ0v) is 13.1. The maximum absolute atomic E-state index is 11.9. The fourth-order valence-corrected chi connectivity index (χ4v) is 2.32. The summed E-state index contributed by atoms with van der Waals surface area (Å²) in [4.78, 5) is 11.9. The summed E-state index contributed by atoms with van der Waals surface area (Å²) in [5.74, 6) is 6.19. The van der Waals surface area contributed by atoms with Crippen molar-refractivity contribution in [1.29, 1.82) is 0 Å². The summed E-state index contributed by atoms with van der Waals surface area (Å²) in [6, 6.07) is 8.62. The van der Waals surface area contributed by atoms with Crippen molar-refractivity contribution in [1.82, 2.24) is 4.57 Å². The van der Waals surface area contributed by atoms with Crippen LogP contribution in [-0.4, -0.2) is 11.2 Å². The third-order valence-corrected chi connectivity index (χ3v) is 3.56. The molecule has 2 rings (SSSR count). The maximum atomic E-state index is 11.9. The van der Waals surface area contributed by atoms with E-state index in [1.807, 2.05) is 0 Å². The summed E-state index contributed by atoms with van der Waals surface area (Å²) in [6.07, 6.45) is 0. The van der Waals surface area contributed by atoms with Crippen molar-refractivity contribution in [2.45, 2.75) is 6.92 Å². The average Bonchev–Trinajstić information content (AvgIpc) is 2.46. The quantitative estimate of drug-likeness (QED) is 0.806. The van der Waals surface area contributed by atoms with Crippen LogP contribution in [0.15, 0.2) is 35.1 Å². The molecule has 108 valence electrons. The molecule has 1 heterocycles. The van der Waals surface area contributed by atoms with Gasteiger partial charge in [-0.2, -0.15) is 0 Å². The maximum Gasteiger partial charge on any atom is 0.269 e. The average molecular weight is 322 g/mol. The van der Waals surface area contributed by atoms with Gasteiger partial charge in [-0.25, -0.2) is 0 Å². The molecule has 0 saturated carbocycles. The lowest BCUT2D eigenvalue weighted by atomic mass is 10.1. The van der Waals surface area contributed by atoms with E-state index in [9.17, 15) is 4.79 Å². The predicted molar refractivity (Wildman–Crippen MR) is 86.1 cm³/mol. The Bertz CT molecular complexity index is 785. The van der Waals surface area contributed by atoms with Gasteiger partial charge in [0.25, 0.3) is 5.56 Å². The third kappa shape index (κ3) is 3.41. The van der Waals surface area contributed by atoms with Gasteiger partial charge in [-0.3, -0.25) is 4.79 Å². The number of benzene rings is 1. The molecule has 0 radical (unpaired) electrons. The summed E-state index contributed by atoms with van der Waals surface area (Å²) in [5.41, 5.74) is 1.17. The number of aromatic nitrogens is 1. The highest BCUT2D eigenvalue weighted by molar-refractivity contribution is 6.33. The van der Waals surface area contributed by atoms with Crippen LogP contribution < -0.4 is 10.3 Å². The minimum atomic E-state index is -0.260. The largest absolute Gasteiger partial charge is 0.481 e. The molecule has 0 N–H and O–H groups in total. The molecule has 0 fully saturated rings. The first-order valence-electron chi connectivity index (χ1n) is 6.22. The standard InChI is InChI=1S/C16H13Cl2NO2/c1-3-4-9-21-11-5-6-12(14(18)10-11)15-8-7-13(17)16(20)19(15)2/h5-8,10H,9H2,1-2H3. The minimum absolute atomic E-state index is 0.176. The normalized spacial score (nSPS) is 9.90. The van der Waals surface area contributed by atoms with Crippen molar-refractivity contribution in [2.75, 3.05) is 6.61 Å². The first kappa shape index (κ1) is 15.5. The highest BCUT2D eigenvalue weighted by Crippen LogP contribution is 2.30. The van der Waals surface area contributed by atoms with E-state index in [0.29, 0.717) is 23.1 Å². The molecule has 1 aromatic heterocycles. The van der Waals surface area contributed by atoms with Gasteiger partial charge in [-0.15, -0.1) is 5.92 Å². The van der Waals surface area contributed by atoms with Crippen molar-refractivity contribution < 1.29 is 4.74 Å². The third-order valence-electron chi connectivity index (χ3n) is 2.96. The molecule has 0 aliphatic rings. The molecule has 0 aliphatic carbocycles. The monoisotopic (exact) mass is 321 g/mol. The van der Waals surface area contributed by atoms with Crippen LogP contribution >= 0.6 is 23.2 Å². The van der Waals surface area contributed by atoms with Crippen molar-refractivity contribution in [2.24, 2.45) is 7.05 Å². The Balaban J connectivity index is 2.39. The second-order valence-electron chi connectivity index (χ2n) is 4.29. The SMILES string of the molecule is CC#CCOc1ccc(-c2ccc(Cl)c(=O)n2C)c(Cl)c1. The van der Waals surface area contributed by atoms with Crippen LogP contribution in [0.2, 0.25) is 10.0 Å². The molecule has 0 aliphatic heterocycles. The van der Waals surface area contributed by atoms with Crippen LogP contribution in [0.4, 0.5) is 0 Å². The molecule has 2 aromatic rings. The Morgan fingerprint density at radius 3 is 2.62 bits per heavy atom. The zero-order valence-electron chi connectivity index (χ0n) is 11.6. The molecule has 1 aromatic carbocycles. The van der Waals surface area contributed by atoms with Gasteiger partial charge in [-0.05, 0) is 37.3 Å². The summed E-state index contributed by atoms with van der Waals surface area (Å²) in [5, 5.41) is 0.671. The first-order chi connectivity index (χ1) is 10.0. The molecular weight excluding hydrogens is 309 g/mol. The van der Waals surface area contributed by atoms with Crippen LogP contribution in [0.25, 0.3) is 11.3 Å². The number of halogens is 2. The van der Waals surface area contributed by atoms with Crippen LogP contribution in [0.3, 0.4) is 0 Å². The second kappa shape index (κ2) is 6.71. The van der Waals surface area contributed by atoms with E-state index in [2.05, 4.69) is 11.8 Å². The predicted octanol–water partition coefficient (Wildman–Crippen LogP) is 3.76. The van der Waals surface area contributed by atoms with Crippen LogP contribution in [-0.2, 0) is 7.05 Å². The van der Waals surface area contributed by atoms with Crippen molar-refractivity contribution >= 4 is 23.2 Å². The molecule has 0 atom stereocenters. The van der Waals surface area contributed by atoms with E-state index in [1.165, 1.54) is 4.57 Å². The minimum Gasteiger partial charge on any atom is -0.481 e. The molecular formula is C16H13Cl2NO2. The Kier molecular flexibility index (Phi) is 4.95. The highest BCUT2D eigenvalue weighted by atomic mass is 35.5. The number of hydrogen-bond donors (Lipinski definition) is 0. The Labute approximate surface area is 133 Å². The van der Waals surface area contributed by atoms with Gasteiger partial charge in [-0.1, -0.05) is 29.1 Å². The topological polar surface area (TPSA) is 31.2 Å². The van der Waals surface area contributed by atoms with Crippen molar-refractivity contribution in [3.63, 3.8) is 0 Å². The molecule has 0 amide bonds.